The van der Waals surface area contributed by atoms with Gasteiger partial charge in [0, 0.05) is 6.20 Å². The molecular formula is C12H10ClN3O4S. The van der Waals surface area contributed by atoms with Gasteiger partial charge in [0.15, 0.2) is 5.69 Å². The van der Waals surface area contributed by atoms with Gasteiger partial charge in [0.05, 0.1) is 15.6 Å². The van der Waals surface area contributed by atoms with Gasteiger partial charge in [0.2, 0.25) is 10.0 Å². The monoisotopic (exact) mass is 327 g/mol. The van der Waals surface area contributed by atoms with E-state index in [0.717, 1.165) is 6.07 Å². The molecule has 0 aliphatic heterocycles. The van der Waals surface area contributed by atoms with Crippen molar-refractivity contribution in [2.24, 2.45) is 5.14 Å². The molecule has 0 aliphatic rings. The second-order valence-corrected chi connectivity index (χ2v) is 5.98. The zero-order valence-electron chi connectivity index (χ0n) is 10.4. The first kappa shape index (κ1) is 15.2. The van der Waals surface area contributed by atoms with Gasteiger partial charge in [0.1, 0.15) is 5.75 Å². The molecule has 0 fully saturated rings. The number of primary sulfonamides is 1. The average molecular weight is 328 g/mol. The number of carbonyl (C=O) groups excluding carboxylic acids is 1. The Labute approximate surface area is 125 Å². The summed E-state index contributed by atoms with van der Waals surface area (Å²) in [6.45, 7) is 0. The Kier molecular flexibility index (Phi) is 4.12. The van der Waals surface area contributed by atoms with E-state index in [1.165, 1.54) is 30.5 Å². The predicted molar refractivity (Wildman–Crippen MR) is 76.7 cm³/mol. The van der Waals surface area contributed by atoms with Crippen molar-refractivity contribution in [2.75, 3.05) is 5.32 Å². The number of nitrogens with one attached hydrogen (secondary N) is 1. The minimum Gasteiger partial charge on any atom is -0.505 e. The SMILES string of the molecule is NS(=O)(=O)c1ccc(Cl)c(NC(=O)c2ncccc2O)c1. The number of hydrogen-bond acceptors (Lipinski definition) is 5. The fraction of sp³-hybridized carbons (Fsp3) is 0. The van der Waals surface area contributed by atoms with Crippen LogP contribution in [-0.4, -0.2) is 24.4 Å². The molecule has 1 aromatic heterocycles. The Hall–Kier alpha value is -2.16. The van der Waals surface area contributed by atoms with Crippen molar-refractivity contribution in [3.05, 3.63) is 47.2 Å². The summed E-state index contributed by atoms with van der Waals surface area (Å²) < 4.78 is 22.6. The molecule has 110 valence electrons. The van der Waals surface area contributed by atoms with Crippen LogP contribution in [0, 0.1) is 0 Å². The number of nitrogens with two attached hydrogens (primary N) is 1. The summed E-state index contributed by atoms with van der Waals surface area (Å²) in [7, 11) is -3.93. The molecule has 0 bridgehead atoms. The maximum atomic E-state index is 12.0. The van der Waals surface area contributed by atoms with Crippen molar-refractivity contribution in [1.29, 1.82) is 0 Å². The van der Waals surface area contributed by atoms with E-state index in [4.69, 9.17) is 16.7 Å². The summed E-state index contributed by atoms with van der Waals surface area (Å²) in [5.74, 6) is -1.05. The third kappa shape index (κ3) is 3.48. The minimum atomic E-state index is -3.93. The van der Waals surface area contributed by atoms with Gasteiger partial charge in [-0.3, -0.25) is 4.79 Å². The molecule has 9 heteroatoms. The van der Waals surface area contributed by atoms with Gasteiger partial charge in [-0.25, -0.2) is 18.5 Å². The molecule has 1 heterocycles. The van der Waals surface area contributed by atoms with Gasteiger partial charge < -0.3 is 10.4 Å². The van der Waals surface area contributed by atoms with Crippen LogP contribution in [0.3, 0.4) is 0 Å². The minimum absolute atomic E-state index is 0.0400. The number of aromatic nitrogens is 1. The lowest BCUT2D eigenvalue weighted by molar-refractivity contribution is 0.101. The summed E-state index contributed by atoms with van der Waals surface area (Å²) in [6, 6.07) is 6.38. The Morgan fingerprint density at radius 2 is 2.05 bits per heavy atom. The van der Waals surface area contributed by atoms with Gasteiger partial charge in [0.25, 0.3) is 5.91 Å². The molecule has 4 N–H and O–H groups in total. The number of hydrogen-bond donors (Lipinski definition) is 3. The molecule has 0 spiro atoms. The highest BCUT2D eigenvalue weighted by Crippen LogP contribution is 2.26. The third-order valence-electron chi connectivity index (χ3n) is 2.52. The lowest BCUT2D eigenvalue weighted by Crippen LogP contribution is -2.16. The van der Waals surface area contributed by atoms with Gasteiger partial charge in [-0.15, -0.1) is 0 Å². The molecule has 1 aromatic carbocycles. The first-order valence-corrected chi connectivity index (χ1v) is 7.49. The van der Waals surface area contributed by atoms with Crippen molar-refractivity contribution in [3.8, 4) is 5.75 Å². The molecule has 2 rings (SSSR count). The maximum absolute atomic E-state index is 12.0. The first-order valence-electron chi connectivity index (χ1n) is 5.57. The Bertz CT molecular complexity index is 808. The van der Waals surface area contributed by atoms with Crippen LogP contribution >= 0.6 is 11.6 Å². The average Bonchev–Trinajstić information content (AvgIpc) is 2.40. The normalized spacial score (nSPS) is 11.1. The Morgan fingerprint density at radius 1 is 1.33 bits per heavy atom. The van der Waals surface area contributed by atoms with Crippen LogP contribution in [0.15, 0.2) is 41.4 Å². The smallest absolute Gasteiger partial charge is 0.278 e. The van der Waals surface area contributed by atoms with Crippen molar-refractivity contribution >= 4 is 33.2 Å². The van der Waals surface area contributed by atoms with Gasteiger partial charge >= 0.3 is 0 Å². The zero-order chi connectivity index (χ0) is 15.6. The van der Waals surface area contributed by atoms with E-state index in [1.807, 2.05) is 0 Å². The number of sulfonamides is 1. The van der Waals surface area contributed by atoms with Gasteiger partial charge in [-0.1, -0.05) is 11.6 Å². The number of pyridine rings is 1. The summed E-state index contributed by atoms with van der Waals surface area (Å²) in [4.78, 5) is 15.5. The number of rotatable bonds is 3. The molecule has 2 aromatic rings. The van der Waals surface area contributed by atoms with Crippen LogP contribution in [0.4, 0.5) is 5.69 Å². The molecule has 0 radical (unpaired) electrons. The molecule has 1 amide bonds. The number of halogens is 1. The number of benzene rings is 1. The fourth-order valence-electron chi connectivity index (χ4n) is 1.53. The second-order valence-electron chi connectivity index (χ2n) is 4.01. The van der Waals surface area contributed by atoms with Crippen LogP contribution in [0.5, 0.6) is 5.75 Å². The second kappa shape index (κ2) is 5.68. The van der Waals surface area contributed by atoms with Gasteiger partial charge in [-0.2, -0.15) is 0 Å². The Morgan fingerprint density at radius 3 is 2.67 bits per heavy atom. The summed E-state index contributed by atoms with van der Waals surface area (Å²) in [5, 5.41) is 17.0. The summed E-state index contributed by atoms with van der Waals surface area (Å²) in [6.07, 6.45) is 1.33. The molecule has 0 aliphatic carbocycles. The van der Waals surface area contributed by atoms with E-state index in [2.05, 4.69) is 10.3 Å². The highest BCUT2D eigenvalue weighted by Gasteiger charge is 2.16. The molecule has 0 atom stereocenters. The topological polar surface area (TPSA) is 122 Å². The lowest BCUT2D eigenvalue weighted by atomic mass is 10.2. The predicted octanol–water partition coefficient (Wildman–Crippen LogP) is 1.34. The summed E-state index contributed by atoms with van der Waals surface area (Å²) in [5.41, 5.74) is -0.173. The van der Waals surface area contributed by atoms with Crippen LogP contribution in [-0.2, 0) is 10.0 Å². The van der Waals surface area contributed by atoms with E-state index in [0.29, 0.717) is 0 Å². The van der Waals surface area contributed by atoms with E-state index in [-0.39, 0.29) is 27.0 Å². The number of nitrogens with zero attached hydrogens (tertiary/aromatic N) is 1. The number of carbonyl (C=O) groups is 1. The van der Waals surface area contributed by atoms with Crippen molar-refractivity contribution < 1.29 is 18.3 Å². The van der Waals surface area contributed by atoms with E-state index >= 15 is 0 Å². The standard InChI is InChI=1S/C12H10ClN3O4S/c13-8-4-3-7(21(14,19)20)6-9(8)16-12(18)11-10(17)2-1-5-15-11/h1-6,17H,(H,16,18)(H2,14,19,20). The molecular weight excluding hydrogens is 318 g/mol. The van der Waals surface area contributed by atoms with Crippen LogP contribution in [0.25, 0.3) is 0 Å². The van der Waals surface area contributed by atoms with E-state index in [9.17, 15) is 18.3 Å². The van der Waals surface area contributed by atoms with Crippen molar-refractivity contribution in [3.63, 3.8) is 0 Å². The number of amides is 1. The first-order chi connectivity index (χ1) is 9.79. The zero-order valence-corrected chi connectivity index (χ0v) is 12.0. The quantitative estimate of drug-likeness (QED) is 0.785. The third-order valence-corrected chi connectivity index (χ3v) is 3.76. The van der Waals surface area contributed by atoms with Crippen LogP contribution < -0.4 is 10.5 Å². The number of aromatic hydroxyl groups is 1. The highest BCUT2D eigenvalue weighted by molar-refractivity contribution is 7.89. The molecule has 0 saturated carbocycles. The molecule has 0 unspecified atom stereocenters. The maximum Gasteiger partial charge on any atom is 0.278 e. The van der Waals surface area contributed by atoms with Gasteiger partial charge in [-0.05, 0) is 30.3 Å². The van der Waals surface area contributed by atoms with E-state index < -0.39 is 15.9 Å². The largest absolute Gasteiger partial charge is 0.505 e. The van der Waals surface area contributed by atoms with Crippen molar-refractivity contribution in [1.82, 2.24) is 4.98 Å². The van der Waals surface area contributed by atoms with Crippen LogP contribution in [0.1, 0.15) is 10.5 Å². The lowest BCUT2D eigenvalue weighted by Gasteiger charge is -2.09. The number of anilines is 1. The van der Waals surface area contributed by atoms with E-state index in [1.54, 1.807) is 0 Å². The summed E-state index contributed by atoms with van der Waals surface area (Å²) >= 11 is 5.88. The molecule has 0 saturated heterocycles. The van der Waals surface area contributed by atoms with Crippen LogP contribution in [0.2, 0.25) is 5.02 Å². The van der Waals surface area contributed by atoms with Crippen molar-refractivity contribution in [2.45, 2.75) is 4.90 Å². The molecule has 7 nitrogen and oxygen atoms in total. The highest BCUT2D eigenvalue weighted by atomic mass is 35.5. The fourth-order valence-corrected chi connectivity index (χ4v) is 2.24. The Balaban J connectivity index is 2.36. The molecule has 21 heavy (non-hydrogen) atoms.